The van der Waals surface area contributed by atoms with Gasteiger partial charge in [0.2, 0.25) is 5.95 Å². The molecule has 138 valence electrons. The Labute approximate surface area is 163 Å². The van der Waals surface area contributed by atoms with Gasteiger partial charge >= 0.3 is 0 Å². The lowest BCUT2D eigenvalue weighted by atomic mass is 10.1. The lowest BCUT2D eigenvalue weighted by molar-refractivity contribution is 0.662. The monoisotopic (exact) mass is 391 g/mol. The maximum Gasteiger partial charge on any atom is 0.201 e. The average molecular weight is 392 g/mol. The number of anilines is 1. The molecule has 0 saturated carbocycles. The van der Waals surface area contributed by atoms with Crippen molar-refractivity contribution in [3.63, 3.8) is 0 Å². The molecule has 2 heterocycles. The van der Waals surface area contributed by atoms with E-state index in [1.165, 1.54) is 0 Å². The first-order valence-electron chi connectivity index (χ1n) is 8.88. The number of pyridine rings is 1. The molecule has 26 heavy (non-hydrogen) atoms. The second kappa shape index (κ2) is 9.21. The Morgan fingerprint density at radius 3 is 2.69 bits per heavy atom. The van der Waals surface area contributed by atoms with Gasteiger partial charge in [0.1, 0.15) is 0 Å². The number of imidazole rings is 1. The fraction of sp³-hybridized carbons (Fsp3) is 0.368. The molecule has 0 saturated heterocycles. The van der Waals surface area contributed by atoms with E-state index in [1.54, 1.807) is 12.4 Å². The van der Waals surface area contributed by atoms with Crippen LogP contribution < -0.4 is 10.6 Å². The van der Waals surface area contributed by atoms with Crippen LogP contribution in [0, 0.1) is 0 Å². The predicted molar refractivity (Wildman–Crippen MR) is 109 cm³/mol. The molecule has 3 rings (SSSR count). The number of aromatic amines is 1. The van der Waals surface area contributed by atoms with Gasteiger partial charge in [0.15, 0.2) is 0 Å². The van der Waals surface area contributed by atoms with E-state index in [4.69, 9.17) is 23.2 Å². The van der Waals surface area contributed by atoms with Crippen molar-refractivity contribution in [2.75, 3.05) is 18.4 Å². The highest BCUT2D eigenvalue weighted by Gasteiger charge is 2.07. The van der Waals surface area contributed by atoms with Crippen LogP contribution in [-0.4, -0.2) is 28.0 Å². The minimum atomic E-state index is 0.752. The van der Waals surface area contributed by atoms with Crippen molar-refractivity contribution in [3.8, 4) is 0 Å². The van der Waals surface area contributed by atoms with Gasteiger partial charge in [-0.05, 0) is 48.7 Å². The number of nitrogens with one attached hydrogen (secondary N) is 3. The van der Waals surface area contributed by atoms with Crippen LogP contribution in [-0.2, 0) is 13.0 Å². The fourth-order valence-corrected chi connectivity index (χ4v) is 3.56. The van der Waals surface area contributed by atoms with Gasteiger partial charge in [0, 0.05) is 29.3 Å². The second-order valence-electron chi connectivity index (χ2n) is 6.22. The van der Waals surface area contributed by atoms with Crippen LogP contribution in [0.2, 0.25) is 10.0 Å². The number of aromatic nitrogens is 3. The smallest absolute Gasteiger partial charge is 0.201 e. The van der Waals surface area contributed by atoms with Crippen LogP contribution in [0.1, 0.15) is 30.9 Å². The van der Waals surface area contributed by atoms with Crippen molar-refractivity contribution >= 4 is 40.2 Å². The highest BCUT2D eigenvalue weighted by molar-refractivity contribution is 6.36. The summed E-state index contributed by atoms with van der Waals surface area (Å²) in [6.07, 6.45) is 6.44. The number of nitrogens with zero attached hydrogens (tertiary/aromatic N) is 2. The first kappa shape index (κ1) is 19.0. The maximum atomic E-state index is 6.34. The highest BCUT2D eigenvalue weighted by Crippen LogP contribution is 2.27. The average Bonchev–Trinajstić information content (AvgIpc) is 3.04. The first-order valence-corrected chi connectivity index (χ1v) is 9.64. The van der Waals surface area contributed by atoms with E-state index < -0.39 is 0 Å². The molecule has 0 radical (unpaired) electrons. The number of benzene rings is 1. The van der Waals surface area contributed by atoms with Crippen LogP contribution >= 0.6 is 23.2 Å². The molecule has 0 atom stereocenters. The zero-order chi connectivity index (χ0) is 18.4. The van der Waals surface area contributed by atoms with E-state index in [9.17, 15) is 0 Å². The molecule has 0 bridgehead atoms. The molecule has 0 aliphatic rings. The summed E-state index contributed by atoms with van der Waals surface area (Å²) >= 11 is 12.7. The van der Waals surface area contributed by atoms with Crippen molar-refractivity contribution in [2.24, 2.45) is 0 Å². The van der Waals surface area contributed by atoms with Crippen molar-refractivity contribution in [3.05, 3.63) is 51.8 Å². The largest absolute Gasteiger partial charge is 0.356 e. The van der Waals surface area contributed by atoms with Gasteiger partial charge in [0.25, 0.3) is 0 Å². The van der Waals surface area contributed by atoms with E-state index in [-0.39, 0.29) is 0 Å². The molecule has 0 amide bonds. The van der Waals surface area contributed by atoms with Gasteiger partial charge in [-0.3, -0.25) is 4.98 Å². The fourth-order valence-electron chi connectivity index (χ4n) is 2.84. The summed E-state index contributed by atoms with van der Waals surface area (Å²) in [6, 6.07) is 5.90. The Kier molecular flexibility index (Phi) is 6.72. The van der Waals surface area contributed by atoms with Crippen LogP contribution in [0.3, 0.4) is 0 Å². The molecule has 0 spiro atoms. The van der Waals surface area contributed by atoms with E-state index in [2.05, 4.69) is 32.5 Å². The van der Waals surface area contributed by atoms with Gasteiger partial charge in [-0.1, -0.05) is 36.5 Å². The molecule has 3 N–H and O–H groups in total. The normalized spacial score (nSPS) is 11.2. The van der Waals surface area contributed by atoms with E-state index in [1.807, 2.05) is 18.2 Å². The van der Waals surface area contributed by atoms with Crippen molar-refractivity contribution in [2.45, 2.75) is 32.7 Å². The number of fused-ring (bicyclic) bond motifs is 1. The summed E-state index contributed by atoms with van der Waals surface area (Å²) in [7, 11) is 0. The quantitative estimate of drug-likeness (QED) is 0.458. The standard InChI is InChI=1S/C19H23Cl2N5/c1-2-4-14-15(20)9-13(10-16(14)21)11-22-6-3-7-24-19-25-17-5-8-23-12-18(17)26-19/h5,8-10,12,22H,2-4,6-7,11H2,1H3,(H2,24,25,26). The van der Waals surface area contributed by atoms with Gasteiger partial charge in [0.05, 0.1) is 17.2 Å². The molecular weight excluding hydrogens is 369 g/mol. The Hall–Kier alpha value is -1.82. The van der Waals surface area contributed by atoms with Crippen LogP contribution in [0.5, 0.6) is 0 Å². The zero-order valence-electron chi connectivity index (χ0n) is 14.8. The molecule has 0 fully saturated rings. The molecule has 0 aliphatic heterocycles. The molecule has 0 unspecified atom stereocenters. The summed E-state index contributed by atoms with van der Waals surface area (Å²) in [6.45, 7) is 4.60. The summed E-state index contributed by atoms with van der Waals surface area (Å²) in [5.74, 6) is 0.776. The lowest BCUT2D eigenvalue weighted by Gasteiger charge is -2.10. The molecule has 7 heteroatoms. The Bertz CT molecular complexity index is 806. The molecule has 5 nitrogen and oxygen atoms in total. The van der Waals surface area contributed by atoms with Gasteiger partial charge in [-0.15, -0.1) is 0 Å². The number of hydrogen-bond acceptors (Lipinski definition) is 4. The zero-order valence-corrected chi connectivity index (χ0v) is 16.3. The second-order valence-corrected chi connectivity index (χ2v) is 7.04. The third-order valence-corrected chi connectivity index (χ3v) is 4.81. The summed E-state index contributed by atoms with van der Waals surface area (Å²) < 4.78 is 0. The van der Waals surface area contributed by atoms with E-state index in [0.717, 1.165) is 77.1 Å². The van der Waals surface area contributed by atoms with Gasteiger partial charge < -0.3 is 15.6 Å². The molecule has 3 aromatic rings. The molecular formula is C19H23Cl2N5. The van der Waals surface area contributed by atoms with Crippen molar-refractivity contribution in [1.82, 2.24) is 20.3 Å². The number of hydrogen-bond donors (Lipinski definition) is 3. The Morgan fingerprint density at radius 1 is 1.15 bits per heavy atom. The van der Waals surface area contributed by atoms with E-state index in [0.29, 0.717) is 0 Å². The van der Waals surface area contributed by atoms with Crippen LogP contribution in [0.4, 0.5) is 5.95 Å². The van der Waals surface area contributed by atoms with Gasteiger partial charge in [-0.2, -0.15) is 0 Å². The minimum absolute atomic E-state index is 0.752. The van der Waals surface area contributed by atoms with Crippen molar-refractivity contribution in [1.29, 1.82) is 0 Å². The topological polar surface area (TPSA) is 65.6 Å². The Balaban J connectivity index is 1.40. The number of rotatable bonds is 9. The van der Waals surface area contributed by atoms with Gasteiger partial charge in [-0.25, -0.2) is 4.98 Å². The minimum Gasteiger partial charge on any atom is -0.356 e. The van der Waals surface area contributed by atoms with Crippen LogP contribution in [0.15, 0.2) is 30.6 Å². The third-order valence-electron chi connectivity index (χ3n) is 4.14. The van der Waals surface area contributed by atoms with Crippen LogP contribution in [0.25, 0.3) is 11.0 Å². The number of halogens is 2. The van der Waals surface area contributed by atoms with Crippen molar-refractivity contribution < 1.29 is 0 Å². The predicted octanol–water partition coefficient (Wildman–Crippen LogP) is 4.81. The molecule has 0 aliphatic carbocycles. The highest BCUT2D eigenvalue weighted by atomic mass is 35.5. The molecule has 1 aromatic carbocycles. The summed E-state index contributed by atoms with van der Waals surface area (Å²) in [5, 5.41) is 8.24. The lowest BCUT2D eigenvalue weighted by Crippen LogP contribution is -2.18. The molecule has 2 aromatic heterocycles. The Morgan fingerprint density at radius 2 is 1.96 bits per heavy atom. The van der Waals surface area contributed by atoms with E-state index >= 15 is 0 Å². The SMILES string of the molecule is CCCc1c(Cl)cc(CNCCCNc2nc3ccncc3[nH]2)cc1Cl. The maximum absolute atomic E-state index is 6.34. The summed E-state index contributed by atoms with van der Waals surface area (Å²) in [4.78, 5) is 11.7. The first-order chi connectivity index (χ1) is 12.7. The number of H-pyrrole nitrogens is 1. The summed E-state index contributed by atoms with van der Waals surface area (Å²) in [5.41, 5.74) is 4.01. The third kappa shape index (κ3) is 4.87.